The zero-order chi connectivity index (χ0) is 14.3. The second-order valence-electron chi connectivity index (χ2n) is 4.31. The molecule has 19 heavy (non-hydrogen) atoms. The molecule has 6 nitrogen and oxygen atoms in total. The van der Waals surface area contributed by atoms with E-state index in [1.807, 2.05) is 0 Å². The van der Waals surface area contributed by atoms with Gasteiger partial charge in [0.15, 0.2) is 0 Å². The number of nitrogens with zero attached hydrogens (tertiary/aromatic N) is 2. The zero-order valence-corrected chi connectivity index (χ0v) is 12.5. The second-order valence-corrected chi connectivity index (χ2v) is 5.10. The van der Waals surface area contributed by atoms with Crippen LogP contribution >= 0.6 is 15.9 Å². The number of amides is 1. The number of hydrogen-bond acceptors (Lipinski definition) is 3. The quantitative estimate of drug-likeness (QED) is 0.344. The topological polar surface area (TPSA) is 77.2 Å². The van der Waals surface area contributed by atoms with Gasteiger partial charge < -0.3 is 9.88 Å². The van der Waals surface area contributed by atoms with Crippen LogP contribution in [0.15, 0.2) is 12.3 Å². The third-order valence-electron chi connectivity index (χ3n) is 2.78. The summed E-state index contributed by atoms with van der Waals surface area (Å²) in [5.41, 5.74) is 0.247. The van der Waals surface area contributed by atoms with E-state index in [4.69, 9.17) is 0 Å². The minimum absolute atomic E-state index is 0.0648. The van der Waals surface area contributed by atoms with Gasteiger partial charge in [-0.1, -0.05) is 28.8 Å². The van der Waals surface area contributed by atoms with Crippen LogP contribution in [0, 0.1) is 10.1 Å². The number of carbonyl (C=O) groups excluding carboxylic acids is 1. The zero-order valence-electron chi connectivity index (χ0n) is 10.9. The first-order valence-electron chi connectivity index (χ1n) is 6.21. The van der Waals surface area contributed by atoms with Crippen LogP contribution in [0.25, 0.3) is 0 Å². The number of hydrogen-bond donors (Lipinski definition) is 1. The fourth-order valence-electron chi connectivity index (χ4n) is 1.74. The molecule has 0 fully saturated rings. The molecule has 0 unspecified atom stereocenters. The molecule has 0 saturated heterocycles. The van der Waals surface area contributed by atoms with E-state index >= 15 is 0 Å². The number of unbranched alkanes of at least 4 members (excludes halogenated alkanes) is 3. The summed E-state index contributed by atoms with van der Waals surface area (Å²) in [5, 5.41) is 14.4. The highest BCUT2D eigenvalue weighted by molar-refractivity contribution is 9.09. The molecule has 1 aromatic rings. The maximum atomic E-state index is 11.8. The SMILES string of the molecule is Cn1cc([N+](=O)[O-])cc1C(=O)NCCCCCCBr. The van der Waals surface area contributed by atoms with E-state index in [-0.39, 0.29) is 11.6 Å². The summed E-state index contributed by atoms with van der Waals surface area (Å²) in [6.07, 6.45) is 5.60. The van der Waals surface area contributed by atoms with Gasteiger partial charge in [-0.15, -0.1) is 0 Å². The van der Waals surface area contributed by atoms with Crippen molar-refractivity contribution in [2.45, 2.75) is 25.7 Å². The van der Waals surface area contributed by atoms with Gasteiger partial charge in [0.25, 0.3) is 11.6 Å². The molecule has 1 N–H and O–H groups in total. The molecule has 0 atom stereocenters. The van der Waals surface area contributed by atoms with Gasteiger partial charge in [0.2, 0.25) is 0 Å². The first kappa shape index (κ1) is 15.7. The van der Waals surface area contributed by atoms with E-state index in [0.29, 0.717) is 12.2 Å². The van der Waals surface area contributed by atoms with Crippen molar-refractivity contribution >= 4 is 27.5 Å². The molecule has 1 heterocycles. The summed E-state index contributed by atoms with van der Waals surface area (Å²) >= 11 is 3.37. The largest absolute Gasteiger partial charge is 0.351 e. The Kier molecular flexibility index (Phi) is 6.55. The van der Waals surface area contributed by atoms with Gasteiger partial charge in [0, 0.05) is 25.0 Å². The summed E-state index contributed by atoms with van der Waals surface area (Å²) in [5.74, 6) is -0.268. The fourth-order valence-corrected chi connectivity index (χ4v) is 2.13. The standard InChI is InChI=1S/C12H18BrN3O3/c1-15-9-10(16(18)19)8-11(15)12(17)14-7-5-3-2-4-6-13/h8-9H,2-7H2,1H3,(H,14,17). The molecule has 0 saturated carbocycles. The molecule has 106 valence electrons. The molecule has 0 spiro atoms. The summed E-state index contributed by atoms with van der Waals surface area (Å²) in [7, 11) is 1.62. The van der Waals surface area contributed by atoms with E-state index in [0.717, 1.165) is 31.0 Å². The number of aryl methyl sites for hydroxylation is 1. The first-order chi connectivity index (χ1) is 9.06. The van der Waals surface area contributed by atoms with E-state index in [9.17, 15) is 14.9 Å². The monoisotopic (exact) mass is 331 g/mol. The number of rotatable bonds is 8. The molecule has 0 aromatic carbocycles. The van der Waals surface area contributed by atoms with Crippen LogP contribution in [0.2, 0.25) is 0 Å². The molecular weight excluding hydrogens is 314 g/mol. The summed E-state index contributed by atoms with van der Waals surface area (Å²) in [6.45, 7) is 0.597. The Bertz CT molecular complexity index is 445. The molecule has 0 radical (unpaired) electrons. The summed E-state index contributed by atoms with van der Waals surface area (Å²) < 4.78 is 1.47. The maximum absolute atomic E-state index is 11.8. The minimum atomic E-state index is -0.503. The highest BCUT2D eigenvalue weighted by Gasteiger charge is 2.16. The highest BCUT2D eigenvalue weighted by Crippen LogP contribution is 2.14. The first-order valence-corrected chi connectivity index (χ1v) is 7.33. The van der Waals surface area contributed by atoms with E-state index in [1.165, 1.54) is 16.8 Å². The predicted molar refractivity (Wildman–Crippen MR) is 76.7 cm³/mol. The van der Waals surface area contributed by atoms with E-state index in [1.54, 1.807) is 7.05 Å². The average Bonchev–Trinajstić information content (AvgIpc) is 2.76. The highest BCUT2D eigenvalue weighted by atomic mass is 79.9. The number of alkyl halides is 1. The van der Waals surface area contributed by atoms with Crippen molar-refractivity contribution < 1.29 is 9.72 Å². The second kappa shape index (κ2) is 7.93. The average molecular weight is 332 g/mol. The van der Waals surface area contributed by atoms with Crippen molar-refractivity contribution in [1.82, 2.24) is 9.88 Å². The number of carbonyl (C=O) groups is 1. The van der Waals surface area contributed by atoms with Crippen LogP contribution < -0.4 is 5.32 Å². The normalized spacial score (nSPS) is 10.4. The predicted octanol–water partition coefficient (Wildman–Crippen LogP) is 2.62. The Morgan fingerprint density at radius 1 is 1.42 bits per heavy atom. The number of nitrogens with one attached hydrogen (secondary N) is 1. The van der Waals surface area contributed by atoms with Gasteiger partial charge in [0.05, 0.1) is 11.1 Å². The Morgan fingerprint density at radius 3 is 2.68 bits per heavy atom. The van der Waals surface area contributed by atoms with Gasteiger partial charge >= 0.3 is 0 Å². The lowest BCUT2D eigenvalue weighted by molar-refractivity contribution is -0.384. The third-order valence-corrected chi connectivity index (χ3v) is 3.34. The Hall–Kier alpha value is -1.37. The van der Waals surface area contributed by atoms with Gasteiger partial charge in [-0.25, -0.2) is 0 Å². The molecule has 1 aromatic heterocycles. The van der Waals surface area contributed by atoms with Gasteiger partial charge in [-0.2, -0.15) is 0 Å². The Morgan fingerprint density at radius 2 is 2.11 bits per heavy atom. The smallest absolute Gasteiger partial charge is 0.287 e. The molecule has 1 amide bonds. The van der Waals surface area contributed by atoms with E-state index in [2.05, 4.69) is 21.2 Å². The molecule has 0 aliphatic heterocycles. The maximum Gasteiger partial charge on any atom is 0.287 e. The molecular formula is C12H18BrN3O3. The molecule has 0 aliphatic carbocycles. The summed E-state index contributed by atoms with van der Waals surface area (Å²) in [4.78, 5) is 21.9. The van der Waals surface area contributed by atoms with Gasteiger partial charge in [-0.3, -0.25) is 14.9 Å². The van der Waals surface area contributed by atoms with Crippen LogP contribution in [0.5, 0.6) is 0 Å². The van der Waals surface area contributed by atoms with Crippen molar-refractivity contribution in [2.75, 3.05) is 11.9 Å². The number of halogens is 1. The lowest BCUT2D eigenvalue weighted by Gasteiger charge is -2.05. The van der Waals surface area contributed by atoms with Gasteiger partial charge in [-0.05, 0) is 12.8 Å². The fraction of sp³-hybridized carbons (Fsp3) is 0.583. The van der Waals surface area contributed by atoms with Crippen molar-refractivity contribution in [1.29, 1.82) is 0 Å². The lowest BCUT2D eigenvalue weighted by Crippen LogP contribution is -2.26. The molecule has 0 bridgehead atoms. The van der Waals surface area contributed by atoms with Crippen molar-refractivity contribution in [3.63, 3.8) is 0 Å². The Labute approximate surface area is 120 Å². The van der Waals surface area contributed by atoms with E-state index < -0.39 is 4.92 Å². The van der Waals surface area contributed by atoms with Crippen molar-refractivity contribution in [3.8, 4) is 0 Å². The van der Waals surface area contributed by atoms with Crippen LogP contribution in [0.3, 0.4) is 0 Å². The summed E-state index contributed by atoms with van der Waals surface area (Å²) in [6, 6.07) is 1.29. The van der Waals surface area contributed by atoms with Crippen molar-refractivity contribution in [2.24, 2.45) is 7.05 Å². The van der Waals surface area contributed by atoms with Crippen LogP contribution in [0.1, 0.15) is 36.2 Å². The van der Waals surface area contributed by atoms with Gasteiger partial charge in [0.1, 0.15) is 5.69 Å². The lowest BCUT2D eigenvalue weighted by atomic mass is 10.2. The number of aromatic nitrogens is 1. The molecule has 7 heteroatoms. The molecule has 0 aliphatic rings. The molecule has 1 rings (SSSR count). The van der Waals surface area contributed by atoms with Crippen LogP contribution in [0.4, 0.5) is 5.69 Å². The van der Waals surface area contributed by atoms with Crippen LogP contribution in [-0.2, 0) is 7.05 Å². The van der Waals surface area contributed by atoms with Crippen LogP contribution in [-0.4, -0.2) is 27.3 Å². The van der Waals surface area contributed by atoms with Crippen molar-refractivity contribution in [3.05, 3.63) is 28.1 Å². The Balaban J connectivity index is 2.39. The third kappa shape index (κ3) is 5.02. The number of nitro groups is 1. The minimum Gasteiger partial charge on any atom is -0.351 e.